The van der Waals surface area contributed by atoms with Gasteiger partial charge in [-0.15, -0.1) is 0 Å². The summed E-state index contributed by atoms with van der Waals surface area (Å²) in [5.41, 5.74) is -3.03. The molecule has 0 unspecified atom stereocenters. The van der Waals surface area contributed by atoms with Gasteiger partial charge in [0.15, 0.2) is 0 Å². The highest BCUT2D eigenvalue weighted by atomic mass is 35.5. The second-order valence-electron chi connectivity index (χ2n) is 9.49. The van der Waals surface area contributed by atoms with Gasteiger partial charge in [-0.1, -0.05) is 29.3 Å². The number of likely N-dealkylation sites (N-methyl/N-ethyl adjacent to an activating group) is 1. The molecular formula is C26H22Cl2F6N4O2. The van der Waals surface area contributed by atoms with E-state index in [1.54, 1.807) is 28.6 Å². The second kappa shape index (κ2) is 11.0. The van der Waals surface area contributed by atoms with Gasteiger partial charge in [0, 0.05) is 44.7 Å². The SMILES string of the molecule is CN(C(=O)c1cc(C(F)(F)F)cc(C(F)(F)F)c1)[C@@H]1CCN(C(=O)c2cncn2C)C[C@H]1c1ccc(Cl)c(Cl)c1. The molecule has 1 aliphatic rings. The molecule has 0 bridgehead atoms. The van der Waals surface area contributed by atoms with Crippen molar-refractivity contribution >= 4 is 35.0 Å². The number of halogens is 8. The smallest absolute Gasteiger partial charge is 0.338 e. The molecule has 1 fully saturated rings. The van der Waals surface area contributed by atoms with Gasteiger partial charge in [-0.2, -0.15) is 26.3 Å². The maximum atomic E-state index is 13.4. The Morgan fingerprint density at radius 3 is 2.12 bits per heavy atom. The summed E-state index contributed by atoms with van der Waals surface area (Å²) in [6.45, 7) is 0.251. The summed E-state index contributed by atoms with van der Waals surface area (Å²) in [5.74, 6) is -1.95. The molecule has 2 heterocycles. The minimum absolute atomic E-state index is 0.0299. The number of piperidine rings is 1. The molecule has 40 heavy (non-hydrogen) atoms. The van der Waals surface area contributed by atoms with Crippen LogP contribution < -0.4 is 0 Å². The minimum Gasteiger partial charge on any atom is -0.338 e. The molecular weight excluding hydrogens is 585 g/mol. The summed E-state index contributed by atoms with van der Waals surface area (Å²) >= 11 is 12.3. The lowest BCUT2D eigenvalue weighted by molar-refractivity contribution is -0.143. The lowest BCUT2D eigenvalue weighted by Crippen LogP contribution is -2.52. The van der Waals surface area contributed by atoms with Crippen molar-refractivity contribution < 1.29 is 35.9 Å². The third-order valence-electron chi connectivity index (χ3n) is 6.92. The van der Waals surface area contributed by atoms with Crippen molar-refractivity contribution in [2.24, 2.45) is 7.05 Å². The number of nitrogens with zero attached hydrogens (tertiary/aromatic N) is 4. The second-order valence-corrected chi connectivity index (χ2v) is 10.3. The van der Waals surface area contributed by atoms with Gasteiger partial charge in [-0.05, 0) is 42.3 Å². The van der Waals surface area contributed by atoms with Crippen LogP contribution in [0, 0.1) is 0 Å². The van der Waals surface area contributed by atoms with E-state index >= 15 is 0 Å². The summed E-state index contributed by atoms with van der Waals surface area (Å²) in [6.07, 6.45) is -7.15. The van der Waals surface area contributed by atoms with E-state index in [0.717, 1.165) is 4.90 Å². The number of aromatic nitrogens is 2. The summed E-state index contributed by atoms with van der Waals surface area (Å²) in [7, 11) is 2.96. The highest BCUT2D eigenvalue weighted by Crippen LogP contribution is 2.38. The van der Waals surface area contributed by atoms with Crippen molar-refractivity contribution in [1.82, 2.24) is 19.4 Å². The lowest BCUT2D eigenvalue weighted by Gasteiger charge is -2.43. The summed E-state index contributed by atoms with van der Waals surface area (Å²) < 4.78 is 82.0. The topological polar surface area (TPSA) is 58.4 Å². The fraction of sp³-hybridized carbons (Fsp3) is 0.346. The molecule has 0 aliphatic carbocycles. The van der Waals surface area contributed by atoms with Crippen LogP contribution in [0.2, 0.25) is 10.0 Å². The molecule has 2 atom stereocenters. The van der Waals surface area contributed by atoms with Crippen molar-refractivity contribution in [1.29, 1.82) is 0 Å². The Hall–Kier alpha value is -3.25. The summed E-state index contributed by atoms with van der Waals surface area (Å²) in [4.78, 5) is 33.2. The van der Waals surface area contributed by atoms with Gasteiger partial charge < -0.3 is 14.4 Å². The van der Waals surface area contributed by atoms with Crippen molar-refractivity contribution in [3.63, 3.8) is 0 Å². The molecule has 0 radical (unpaired) electrons. The fourth-order valence-corrected chi connectivity index (χ4v) is 5.12. The van der Waals surface area contributed by atoms with Crippen LogP contribution in [0.5, 0.6) is 0 Å². The Kier molecular flexibility index (Phi) is 8.15. The first-order chi connectivity index (χ1) is 18.6. The predicted octanol–water partition coefficient (Wildman–Crippen LogP) is 6.54. The van der Waals surface area contributed by atoms with Gasteiger partial charge in [0.25, 0.3) is 11.8 Å². The Morgan fingerprint density at radius 1 is 0.975 bits per heavy atom. The number of hydrogen-bond donors (Lipinski definition) is 0. The van der Waals surface area contributed by atoms with E-state index in [-0.39, 0.29) is 41.5 Å². The quantitative estimate of drug-likeness (QED) is 0.317. The molecule has 0 spiro atoms. The molecule has 2 aromatic carbocycles. The fourth-order valence-electron chi connectivity index (χ4n) is 4.82. The molecule has 14 heteroatoms. The lowest BCUT2D eigenvalue weighted by atomic mass is 9.84. The zero-order valence-corrected chi connectivity index (χ0v) is 22.5. The number of rotatable bonds is 4. The van der Waals surface area contributed by atoms with Gasteiger partial charge in [-0.3, -0.25) is 9.59 Å². The van der Waals surface area contributed by atoms with Gasteiger partial charge in [0.05, 0.1) is 33.7 Å². The van der Waals surface area contributed by atoms with E-state index in [1.165, 1.54) is 25.6 Å². The Labute approximate surface area is 235 Å². The summed E-state index contributed by atoms with van der Waals surface area (Å²) in [5, 5.41) is 0.461. The standard InChI is InChI=1S/C26H22Cl2F6N4O2/c1-36-13-35-11-22(36)24(40)38-6-5-21(18(12-38)14-3-4-19(27)20(28)9-14)37(2)23(39)15-7-16(25(29,30)31)10-17(8-15)26(32,33)34/h3-4,7-11,13,18,21H,5-6,12H2,1-2H3/t18-,21+/m0/s1. The van der Waals surface area contributed by atoms with Gasteiger partial charge in [-0.25, -0.2) is 4.98 Å². The van der Waals surface area contributed by atoms with Crippen molar-refractivity contribution in [2.75, 3.05) is 20.1 Å². The number of alkyl halides is 6. The van der Waals surface area contributed by atoms with Crippen LogP contribution in [-0.2, 0) is 19.4 Å². The van der Waals surface area contributed by atoms with Crippen LogP contribution in [0.1, 0.15) is 49.9 Å². The van der Waals surface area contributed by atoms with Crippen LogP contribution in [0.4, 0.5) is 26.3 Å². The Morgan fingerprint density at radius 2 is 1.60 bits per heavy atom. The molecule has 4 rings (SSSR count). The van der Waals surface area contributed by atoms with E-state index in [9.17, 15) is 35.9 Å². The first-order valence-corrected chi connectivity index (χ1v) is 12.6. The van der Waals surface area contributed by atoms with E-state index in [1.807, 2.05) is 0 Å². The third-order valence-corrected chi connectivity index (χ3v) is 7.66. The predicted molar refractivity (Wildman–Crippen MR) is 135 cm³/mol. The van der Waals surface area contributed by atoms with Crippen molar-refractivity contribution in [3.8, 4) is 0 Å². The molecule has 1 aliphatic heterocycles. The Balaban J connectivity index is 1.71. The highest BCUT2D eigenvalue weighted by molar-refractivity contribution is 6.42. The van der Waals surface area contributed by atoms with Crippen LogP contribution in [-0.4, -0.2) is 57.3 Å². The van der Waals surface area contributed by atoms with Crippen molar-refractivity contribution in [3.05, 3.63) is 86.9 Å². The third kappa shape index (κ3) is 6.07. The number of imidazole rings is 1. The maximum Gasteiger partial charge on any atom is 0.416 e. The van der Waals surface area contributed by atoms with Crippen LogP contribution in [0.15, 0.2) is 48.9 Å². The first-order valence-electron chi connectivity index (χ1n) is 11.8. The van der Waals surface area contributed by atoms with Gasteiger partial charge in [0.1, 0.15) is 5.69 Å². The number of benzene rings is 2. The van der Waals surface area contributed by atoms with Crippen LogP contribution in [0.25, 0.3) is 0 Å². The molecule has 214 valence electrons. The normalized spacial score (nSPS) is 18.1. The number of likely N-dealkylation sites (tertiary alicyclic amines) is 1. The highest BCUT2D eigenvalue weighted by Gasteiger charge is 2.40. The zero-order chi connectivity index (χ0) is 29.6. The molecule has 0 N–H and O–H groups in total. The zero-order valence-electron chi connectivity index (χ0n) is 21.0. The number of amides is 2. The van der Waals surface area contributed by atoms with Crippen LogP contribution >= 0.6 is 23.2 Å². The largest absolute Gasteiger partial charge is 0.416 e. The molecule has 6 nitrogen and oxygen atoms in total. The van der Waals surface area contributed by atoms with E-state index < -0.39 is 46.9 Å². The van der Waals surface area contributed by atoms with Gasteiger partial charge >= 0.3 is 12.4 Å². The number of carbonyl (C=O) groups excluding carboxylic acids is 2. The molecule has 1 saturated heterocycles. The van der Waals surface area contributed by atoms with E-state index in [0.29, 0.717) is 23.4 Å². The molecule has 0 saturated carbocycles. The molecule has 1 aromatic heterocycles. The minimum atomic E-state index is -5.10. The van der Waals surface area contributed by atoms with Crippen molar-refractivity contribution in [2.45, 2.75) is 30.7 Å². The summed E-state index contributed by atoms with van der Waals surface area (Å²) in [6, 6.07) is 4.81. The first kappa shape index (κ1) is 29.7. The average Bonchev–Trinajstić information content (AvgIpc) is 3.33. The number of carbonyl (C=O) groups is 2. The van der Waals surface area contributed by atoms with Crippen LogP contribution in [0.3, 0.4) is 0 Å². The van der Waals surface area contributed by atoms with E-state index in [4.69, 9.17) is 23.2 Å². The monoisotopic (exact) mass is 606 g/mol. The molecule has 3 aromatic rings. The maximum absolute atomic E-state index is 13.4. The van der Waals surface area contributed by atoms with Gasteiger partial charge in [0.2, 0.25) is 0 Å². The number of hydrogen-bond acceptors (Lipinski definition) is 3. The molecule has 2 amide bonds. The van der Waals surface area contributed by atoms with E-state index in [2.05, 4.69) is 4.98 Å². The average molecular weight is 607 g/mol. The Bertz CT molecular complexity index is 1410. The number of aryl methyl sites for hydroxylation is 1.